The van der Waals surface area contributed by atoms with Crippen LogP contribution in [0.25, 0.3) is 0 Å². The van der Waals surface area contributed by atoms with Crippen LogP contribution in [0, 0.1) is 0 Å². The van der Waals surface area contributed by atoms with E-state index < -0.39 is 0 Å². The quantitative estimate of drug-likeness (QED) is 0.637. The summed E-state index contributed by atoms with van der Waals surface area (Å²) in [5, 5.41) is 16.2. The number of carbonyl (C=O) groups excluding carboxylic acids is 1. The van der Waals surface area contributed by atoms with Crippen LogP contribution in [-0.2, 0) is 13.0 Å². The first kappa shape index (κ1) is 16.1. The fourth-order valence-corrected chi connectivity index (χ4v) is 2.95. The molecule has 0 aliphatic heterocycles. The molecule has 0 radical (unpaired) electrons. The lowest BCUT2D eigenvalue weighted by Gasteiger charge is -2.07. The van der Waals surface area contributed by atoms with E-state index in [2.05, 4.69) is 20.6 Å². The Morgan fingerprint density at radius 1 is 1.29 bits per heavy atom. The molecule has 24 heavy (non-hydrogen) atoms. The maximum Gasteiger partial charge on any atom is 0.251 e. The Hall–Kier alpha value is -2.74. The summed E-state index contributed by atoms with van der Waals surface area (Å²) in [7, 11) is 0. The molecule has 7 nitrogen and oxygen atoms in total. The van der Waals surface area contributed by atoms with Gasteiger partial charge in [0, 0.05) is 30.9 Å². The lowest BCUT2D eigenvalue weighted by Crippen LogP contribution is -2.24. The van der Waals surface area contributed by atoms with Crippen molar-refractivity contribution in [1.29, 1.82) is 0 Å². The van der Waals surface area contributed by atoms with Gasteiger partial charge in [0.1, 0.15) is 5.01 Å². The Balaban J connectivity index is 1.49. The normalized spacial score (nSPS) is 10.7. The summed E-state index contributed by atoms with van der Waals surface area (Å²) in [6.07, 6.45) is 5.19. The SMILES string of the molecule is Nc1nnc(CCCNC(=O)c2cccc(Cn3cccn3)c2)s1. The number of nitrogens with zero attached hydrogens (tertiary/aromatic N) is 4. The molecular weight excluding hydrogens is 324 g/mol. The van der Waals surface area contributed by atoms with Crippen molar-refractivity contribution >= 4 is 22.4 Å². The number of carbonyl (C=O) groups is 1. The highest BCUT2D eigenvalue weighted by Gasteiger charge is 2.07. The number of anilines is 1. The second-order valence-corrected chi connectivity index (χ2v) is 6.39. The Kier molecular flexibility index (Phi) is 5.17. The number of hydrogen-bond acceptors (Lipinski definition) is 6. The highest BCUT2D eigenvalue weighted by atomic mass is 32.1. The molecule has 8 heteroatoms. The van der Waals surface area contributed by atoms with Gasteiger partial charge in [-0.05, 0) is 30.2 Å². The molecule has 0 atom stereocenters. The van der Waals surface area contributed by atoms with E-state index in [0.717, 1.165) is 23.4 Å². The van der Waals surface area contributed by atoms with Crippen LogP contribution in [-0.4, -0.2) is 32.4 Å². The molecule has 0 aliphatic rings. The summed E-state index contributed by atoms with van der Waals surface area (Å²) in [6.45, 7) is 1.23. The van der Waals surface area contributed by atoms with Crippen molar-refractivity contribution in [2.24, 2.45) is 0 Å². The maximum absolute atomic E-state index is 12.2. The minimum Gasteiger partial charge on any atom is -0.374 e. The van der Waals surface area contributed by atoms with Crippen LogP contribution < -0.4 is 11.1 Å². The van der Waals surface area contributed by atoms with Crippen LogP contribution in [0.15, 0.2) is 42.7 Å². The Bertz CT molecular complexity index is 799. The van der Waals surface area contributed by atoms with Gasteiger partial charge in [-0.25, -0.2) is 0 Å². The first-order valence-electron chi connectivity index (χ1n) is 7.63. The standard InChI is InChI=1S/C16H18N6OS/c17-16-21-20-14(24-16)6-2-7-18-15(23)13-5-1-4-12(10-13)11-22-9-3-8-19-22/h1,3-5,8-10H,2,6-7,11H2,(H2,17,21)(H,18,23). The third-order valence-electron chi connectivity index (χ3n) is 3.43. The Morgan fingerprint density at radius 2 is 2.21 bits per heavy atom. The van der Waals surface area contributed by atoms with E-state index in [-0.39, 0.29) is 5.91 Å². The van der Waals surface area contributed by atoms with Gasteiger partial charge in [0.15, 0.2) is 0 Å². The van der Waals surface area contributed by atoms with E-state index in [0.29, 0.717) is 23.8 Å². The number of nitrogens with two attached hydrogens (primary N) is 1. The van der Waals surface area contributed by atoms with Gasteiger partial charge in [-0.15, -0.1) is 10.2 Å². The average Bonchev–Trinajstić information content (AvgIpc) is 3.23. The zero-order valence-corrected chi connectivity index (χ0v) is 13.9. The highest BCUT2D eigenvalue weighted by molar-refractivity contribution is 7.15. The van der Waals surface area contributed by atoms with Gasteiger partial charge in [0.05, 0.1) is 6.54 Å². The molecule has 1 amide bonds. The molecule has 0 aliphatic carbocycles. The third-order valence-corrected chi connectivity index (χ3v) is 4.24. The summed E-state index contributed by atoms with van der Waals surface area (Å²) in [5.74, 6) is -0.0749. The fraction of sp³-hybridized carbons (Fsp3) is 0.250. The average molecular weight is 342 g/mol. The van der Waals surface area contributed by atoms with Crippen LogP contribution in [0.2, 0.25) is 0 Å². The van der Waals surface area contributed by atoms with E-state index in [9.17, 15) is 4.79 Å². The number of nitrogen functional groups attached to an aromatic ring is 1. The lowest BCUT2D eigenvalue weighted by molar-refractivity contribution is 0.0953. The molecule has 0 saturated heterocycles. The van der Waals surface area contributed by atoms with Crippen molar-refractivity contribution < 1.29 is 4.79 Å². The largest absolute Gasteiger partial charge is 0.374 e. The van der Waals surface area contributed by atoms with Gasteiger partial charge in [-0.1, -0.05) is 23.5 Å². The summed E-state index contributed by atoms with van der Waals surface area (Å²) < 4.78 is 1.82. The van der Waals surface area contributed by atoms with Gasteiger partial charge >= 0.3 is 0 Å². The molecule has 0 fully saturated rings. The predicted octanol–water partition coefficient (Wildman–Crippen LogP) is 1.73. The van der Waals surface area contributed by atoms with Crippen molar-refractivity contribution in [3.05, 3.63) is 58.9 Å². The van der Waals surface area contributed by atoms with E-state index in [1.165, 1.54) is 11.3 Å². The summed E-state index contributed by atoms with van der Waals surface area (Å²) >= 11 is 1.38. The number of benzene rings is 1. The second kappa shape index (κ2) is 7.69. The van der Waals surface area contributed by atoms with Crippen LogP contribution in [0.1, 0.15) is 27.3 Å². The molecule has 2 aromatic heterocycles. The van der Waals surface area contributed by atoms with Gasteiger partial charge in [-0.2, -0.15) is 5.10 Å². The Labute approximate surface area is 143 Å². The molecule has 0 saturated carbocycles. The molecule has 0 spiro atoms. The van der Waals surface area contributed by atoms with Crippen molar-refractivity contribution in [3.63, 3.8) is 0 Å². The number of rotatable bonds is 7. The number of nitrogens with one attached hydrogen (secondary N) is 1. The van der Waals surface area contributed by atoms with Gasteiger partial charge in [0.25, 0.3) is 5.91 Å². The zero-order chi connectivity index (χ0) is 16.8. The van der Waals surface area contributed by atoms with Gasteiger partial charge in [-0.3, -0.25) is 9.48 Å². The minimum atomic E-state index is -0.0749. The predicted molar refractivity (Wildman–Crippen MR) is 92.7 cm³/mol. The van der Waals surface area contributed by atoms with Crippen LogP contribution in [0.4, 0.5) is 5.13 Å². The van der Waals surface area contributed by atoms with Gasteiger partial charge < -0.3 is 11.1 Å². The maximum atomic E-state index is 12.2. The Morgan fingerprint density at radius 3 is 2.96 bits per heavy atom. The summed E-state index contributed by atoms with van der Waals surface area (Å²) in [6, 6.07) is 9.45. The molecule has 0 unspecified atom stereocenters. The smallest absolute Gasteiger partial charge is 0.251 e. The molecule has 124 valence electrons. The fourth-order valence-electron chi connectivity index (χ4n) is 2.30. The second-order valence-electron chi connectivity index (χ2n) is 5.30. The number of amides is 1. The van der Waals surface area contributed by atoms with Crippen LogP contribution in [0.3, 0.4) is 0 Å². The van der Waals surface area contributed by atoms with Crippen molar-refractivity contribution in [2.75, 3.05) is 12.3 Å². The van der Waals surface area contributed by atoms with E-state index in [4.69, 9.17) is 5.73 Å². The monoisotopic (exact) mass is 342 g/mol. The topological polar surface area (TPSA) is 98.7 Å². The van der Waals surface area contributed by atoms with E-state index in [1.54, 1.807) is 6.20 Å². The number of hydrogen-bond donors (Lipinski definition) is 2. The number of aromatic nitrogens is 4. The van der Waals surface area contributed by atoms with Crippen LogP contribution in [0.5, 0.6) is 0 Å². The summed E-state index contributed by atoms with van der Waals surface area (Å²) in [5.41, 5.74) is 7.23. The van der Waals surface area contributed by atoms with Crippen LogP contribution >= 0.6 is 11.3 Å². The zero-order valence-electron chi connectivity index (χ0n) is 13.1. The molecule has 3 N–H and O–H groups in total. The molecule has 3 rings (SSSR count). The number of aryl methyl sites for hydroxylation is 1. The first-order chi connectivity index (χ1) is 11.7. The van der Waals surface area contributed by atoms with Crippen molar-refractivity contribution in [3.8, 4) is 0 Å². The lowest BCUT2D eigenvalue weighted by atomic mass is 10.1. The molecular formula is C16H18N6OS. The van der Waals surface area contributed by atoms with Crippen molar-refractivity contribution in [1.82, 2.24) is 25.3 Å². The van der Waals surface area contributed by atoms with Crippen molar-refractivity contribution in [2.45, 2.75) is 19.4 Å². The first-order valence-corrected chi connectivity index (χ1v) is 8.45. The highest BCUT2D eigenvalue weighted by Crippen LogP contribution is 2.12. The third kappa shape index (κ3) is 4.39. The van der Waals surface area contributed by atoms with E-state index >= 15 is 0 Å². The molecule has 3 aromatic rings. The van der Waals surface area contributed by atoms with Gasteiger partial charge in [0.2, 0.25) is 5.13 Å². The molecule has 1 aromatic carbocycles. The minimum absolute atomic E-state index is 0.0749. The molecule has 2 heterocycles. The molecule has 0 bridgehead atoms. The van der Waals surface area contributed by atoms with E-state index in [1.807, 2.05) is 41.2 Å². The summed E-state index contributed by atoms with van der Waals surface area (Å²) in [4.78, 5) is 12.2.